The Balaban J connectivity index is 2.45. The Hall–Kier alpha value is -0.630. The van der Waals surface area contributed by atoms with Crippen molar-refractivity contribution in [1.82, 2.24) is 0 Å². The first-order valence-corrected chi connectivity index (χ1v) is 7.93. The topological polar surface area (TPSA) is 26.3 Å². The number of hydrogen-bond donors (Lipinski definition) is 0. The molecule has 2 unspecified atom stereocenters. The quantitative estimate of drug-likeness (QED) is 0.447. The smallest absolute Gasteiger partial charge is 0.164 e. The summed E-state index contributed by atoms with van der Waals surface area (Å²) in [5, 5.41) is 0. The van der Waals surface area contributed by atoms with Gasteiger partial charge >= 0.3 is 0 Å². The Kier molecular flexibility index (Phi) is 7.37. The van der Waals surface area contributed by atoms with E-state index in [1.165, 1.54) is 6.42 Å². The van der Waals surface area contributed by atoms with E-state index in [0.29, 0.717) is 24.7 Å². The lowest BCUT2D eigenvalue weighted by Crippen LogP contribution is -2.45. The summed E-state index contributed by atoms with van der Waals surface area (Å²) in [6.45, 7) is 8.61. The number of Topliss-reactive ketones (excluding diaryl/α,β-unsaturated/α-hetero) is 1. The molecule has 1 aliphatic carbocycles. The highest BCUT2D eigenvalue weighted by Crippen LogP contribution is 2.37. The zero-order chi connectivity index (χ0) is 14.1. The second-order valence-corrected chi connectivity index (χ2v) is 5.94. The molecule has 0 bridgehead atoms. The first kappa shape index (κ1) is 16.4. The fraction of sp³-hybridized carbons (Fsp3) is 0.824. The zero-order valence-electron chi connectivity index (χ0n) is 12.7. The van der Waals surface area contributed by atoms with Crippen LogP contribution in [0.15, 0.2) is 12.7 Å². The molecule has 2 atom stereocenters. The molecule has 0 aliphatic heterocycles. The van der Waals surface area contributed by atoms with Crippen LogP contribution in [0.25, 0.3) is 0 Å². The van der Waals surface area contributed by atoms with Crippen LogP contribution in [0, 0.1) is 5.92 Å². The van der Waals surface area contributed by atoms with Crippen LogP contribution in [0.3, 0.4) is 0 Å². The summed E-state index contributed by atoms with van der Waals surface area (Å²) < 4.78 is 5.92. The molecule has 0 heterocycles. The minimum absolute atomic E-state index is 0.347. The van der Waals surface area contributed by atoms with Gasteiger partial charge in [0, 0.05) is 13.0 Å². The maximum Gasteiger partial charge on any atom is 0.164 e. The highest BCUT2D eigenvalue weighted by molar-refractivity contribution is 5.87. The summed E-state index contributed by atoms with van der Waals surface area (Å²) in [5.41, 5.74) is -0.454. The van der Waals surface area contributed by atoms with Gasteiger partial charge in [-0.3, -0.25) is 4.79 Å². The van der Waals surface area contributed by atoms with Gasteiger partial charge in [-0.05, 0) is 51.4 Å². The Labute approximate surface area is 118 Å². The van der Waals surface area contributed by atoms with Gasteiger partial charge in [0.05, 0.1) is 0 Å². The van der Waals surface area contributed by atoms with E-state index < -0.39 is 5.60 Å². The molecule has 0 radical (unpaired) electrons. The summed E-state index contributed by atoms with van der Waals surface area (Å²) >= 11 is 0. The van der Waals surface area contributed by atoms with Gasteiger partial charge in [0.15, 0.2) is 5.78 Å². The summed E-state index contributed by atoms with van der Waals surface area (Å²) in [5.74, 6) is 0.963. The molecule has 1 rings (SSSR count). The number of ketones is 1. The van der Waals surface area contributed by atoms with Crippen LogP contribution in [0.1, 0.15) is 71.6 Å². The lowest BCUT2D eigenvalue weighted by Gasteiger charge is -2.38. The van der Waals surface area contributed by atoms with E-state index in [2.05, 4.69) is 13.5 Å². The third-order valence-electron chi connectivity index (χ3n) is 4.20. The second kappa shape index (κ2) is 8.52. The third-order valence-corrected chi connectivity index (χ3v) is 4.20. The fourth-order valence-corrected chi connectivity index (χ4v) is 3.22. The van der Waals surface area contributed by atoms with Gasteiger partial charge in [-0.1, -0.05) is 25.8 Å². The van der Waals surface area contributed by atoms with Crippen molar-refractivity contribution in [3.63, 3.8) is 0 Å². The van der Waals surface area contributed by atoms with Crippen molar-refractivity contribution >= 4 is 5.78 Å². The highest BCUT2D eigenvalue weighted by Gasteiger charge is 2.41. The van der Waals surface area contributed by atoms with E-state index in [4.69, 9.17) is 4.74 Å². The Morgan fingerprint density at radius 3 is 2.84 bits per heavy atom. The van der Waals surface area contributed by atoms with Crippen molar-refractivity contribution in [2.45, 2.75) is 77.2 Å². The van der Waals surface area contributed by atoms with Crippen LogP contribution < -0.4 is 0 Å². The van der Waals surface area contributed by atoms with Gasteiger partial charge in [0.25, 0.3) is 0 Å². The summed E-state index contributed by atoms with van der Waals surface area (Å²) in [4.78, 5) is 12.5. The predicted molar refractivity (Wildman–Crippen MR) is 80.3 cm³/mol. The minimum atomic E-state index is -0.454. The summed E-state index contributed by atoms with van der Waals surface area (Å²) in [7, 11) is 0. The van der Waals surface area contributed by atoms with Crippen LogP contribution in [0.2, 0.25) is 0 Å². The molecular formula is C17H30O2. The van der Waals surface area contributed by atoms with E-state index in [-0.39, 0.29) is 0 Å². The largest absolute Gasteiger partial charge is 0.367 e. The maximum absolute atomic E-state index is 12.5. The lowest BCUT2D eigenvalue weighted by molar-refractivity contribution is -0.151. The molecule has 0 aromatic heterocycles. The monoisotopic (exact) mass is 266 g/mol. The maximum atomic E-state index is 12.5. The van der Waals surface area contributed by atoms with Crippen LogP contribution in [-0.2, 0) is 9.53 Å². The highest BCUT2D eigenvalue weighted by atomic mass is 16.5. The minimum Gasteiger partial charge on any atom is -0.367 e. The Morgan fingerprint density at radius 1 is 1.42 bits per heavy atom. The number of unbranched alkanes of at least 4 members (excludes halogenated alkanes) is 3. The number of hydrogen-bond acceptors (Lipinski definition) is 2. The van der Waals surface area contributed by atoms with Crippen LogP contribution in [0.4, 0.5) is 0 Å². The third kappa shape index (κ3) is 5.10. The fourth-order valence-electron chi connectivity index (χ4n) is 3.22. The molecule has 0 amide bonds. The summed E-state index contributed by atoms with van der Waals surface area (Å²) in [6, 6.07) is 0. The van der Waals surface area contributed by atoms with Gasteiger partial charge in [-0.2, -0.15) is 0 Å². The van der Waals surface area contributed by atoms with E-state index >= 15 is 0 Å². The Morgan fingerprint density at radius 2 is 2.21 bits per heavy atom. The van der Waals surface area contributed by atoms with E-state index in [0.717, 1.165) is 44.9 Å². The van der Waals surface area contributed by atoms with Crippen molar-refractivity contribution in [2.75, 3.05) is 6.61 Å². The summed E-state index contributed by atoms with van der Waals surface area (Å²) in [6.07, 6.45) is 11.2. The van der Waals surface area contributed by atoms with Crippen LogP contribution in [0.5, 0.6) is 0 Å². The lowest BCUT2D eigenvalue weighted by atomic mass is 9.75. The van der Waals surface area contributed by atoms with Crippen LogP contribution in [-0.4, -0.2) is 18.0 Å². The number of carbonyl (C=O) groups excluding carboxylic acids is 1. The molecule has 1 aliphatic rings. The van der Waals surface area contributed by atoms with Crippen molar-refractivity contribution in [3.05, 3.63) is 12.7 Å². The SMILES string of the molecule is C=CCCCCCC(=O)C1(OCC)CCCC(C)C1. The normalized spacial score (nSPS) is 27.2. The number of carbonyl (C=O) groups is 1. The van der Waals surface area contributed by atoms with Gasteiger partial charge < -0.3 is 4.74 Å². The molecule has 19 heavy (non-hydrogen) atoms. The number of rotatable bonds is 9. The first-order valence-electron chi connectivity index (χ1n) is 7.93. The molecule has 2 heteroatoms. The van der Waals surface area contributed by atoms with Gasteiger partial charge in [0.1, 0.15) is 5.60 Å². The van der Waals surface area contributed by atoms with Crippen molar-refractivity contribution in [3.8, 4) is 0 Å². The molecular weight excluding hydrogens is 236 g/mol. The first-order chi connectivity index (χ1) is 9.14. The van der Waals surface area contributed by atoms with Gasteiger partial charge in [-0.25, -0.2) is 0 Å². The molecule has 110 valence electrons. The average molecular weight is 266 g/mol. The predicted octanol–water partition coefficient (Wildman–Crippen LogP) is 4.68. The molecule has 0 N–H and O–H groups in total. The second-order valence-electron chi connectivity index (χ2n) is 5.94. The standard InChI is InChI=1S/C17H30O2/c1-4-6-7-8-9-12-16(18)17(19-5-2)13-10-11-15(3)14-17/h4,15H,1,5-14H2,2-3H3. The molecule has 0 saturated heterocycles. The van der Waals surface area contributed by atoms with Crippen molar-refractivity contribution in [1.29, 1.82) is 0 Å². The Bertz CT molecular complexity index is 281. The number of ether oxygens (including phenoxy) is 1. The van der Waals surface area contributed by atoms with E-state index in [1.807, 2.05) is 13.0 Å². The molecule has 0 aromatic rings. The number of allylic oxidation sites excluding steroid dienone is 1. The molecule has 1 fully saturated rings. The van der Waals surface area contributed by atoms with Crippen molar-refractivity contribution < 1.29 is 9.53 Å². The van der Waals surface area contributed by atoms with Gasteiger partial charge in [0.2, 0.25) is 0 Å². The molecule has 0 aromatic carbocycles. The van der Waals surface area contributed by atoms with E-state index in [1.54, 1.807) is 0 Å². The molecule has 1 saturated carbocycles. The van der Waals surface area contributed by atoms with Crippen LogP contribution >= 0.6 is 0 Å². The van der Waals surface area contributed by atoms with Crippen molar-refractivity contribution in [2.24, 2.45) is 5.92 Å². The molecule has 0 spiro atoms. The van der Waals surface area contributed by atoms with E-state index in [9.17, 15) is 4.79 Å². The average Bonchev–Trinajstić information content (AvgIpc) is 2.38. The zero-order valence-corrected chi connectivity index (χ0v) is 12.7. The molecule has 2 nitrogen and oxygen atoms in total. The van der Waals surface area contributed by atoms with Gasteiger partial charge in [-0.15, -0.1) is 6.58 Å².